The summed E-state index contributed by atoms with van der Waals surface area (Å²) in [4.78, 5) is 17.5. The van der Waals surface area contributed by atoms with Crippen LogP contribution in [-0.2, 0) is 0 Å². The monoisotopic (exact) mass is 332 g/mol. The summed E-state index contributed by atoms with van der Waals surface area (Å²) in [5.41, 5.74) is 0.462. The first-order chi connectivity index (χ1) is 7.59. The predicted octanol–water partition coefficient (Wildman–Crippen LogP) is 1.93. The smallest absolute Gasteiger partial charge is 0.273 e. The van der Waals surface area contributed by atoms with Crippen LogP contribution in [0.2, 0.25) is 0 Å². The van der Waals surface area contributed by atoms with E-state index in [4.69, 9.17) is 4.74 Å². The van der Waals surface area contributed by atoms with E-state index in [1.165, 1.54) is 4.90 Å². The van der Waals surface area contributed by atoms with Crippen LogP contribution in [0.25, 0.3) is 0 Å². The molecule has 1 aromatic rings. The van der Waals surface area contributed by atoms with E-state index >= 15 is 0 Å². The van der Waals surface area contributed by atoms with Gasteiger partial charge in [0.15, 0.2) is 0 Å². The highest BCUT2D eigenvalue weighted by Crippen LogP contribution is 2.30. The molecule has 5 heteroatoms. The van der Waals surface area contributed by atoms with Crippen molar-refractivity contribution < 1.29 is 9.53 Å². The zero-order valence-electron chi connectivity index (χ0n) is 9.24. The van der Waals surface area contributed by atoms with Crippen molar-refractivity contribution in [2.24, 2.45) is 0 Å². The van der Waals surface area contributed by atoms with Crippen LogP contribution in [0.15, 0.2) is 12.3 Å². The third-order valence-corrected chi connectivity index (χ3v) is 3.32. The summed E-state index contributed by atoms with van der Waals surface area (Å²) in [5.74, 6) is 0.675. The molecule has 0 aliphatic heterocycles. The number of amides is 1. The number of rotatable bonds is 3. The molecule has 86 valence electrons. The van der Waals surface area contributed by atoms with Crippen molar-refractivity contribution in [2.45, 2.75) is 18.9 Å². The Morgan fingerprint density at radius 3 is 2.81 bits per heavy atom. The quantitative estimate of drug-likeness (QED) is 0.795. The highest BCUT2D eigenvalue weighted by atomic mass is 127. The minimum atomic E-state index is -0.0920. The van der Waals surface area contributed by atoms with Crippen LogP contribution in [0.5, 0.6) is 5.75 Å². The maximum absolute atomic E-state index is 11.8. The van der Waals surface area contributed by atoms with Crippen LogP contribution >= 0.6 is 22.6 Å². The van der Waals surface area contributed by atoms with Gasteiger partial charge in [-0.25, -0.2) is 4.98 Å². The van der Waals surface area contributed by atoms with Gasteiger partial charge >= 0.3 is 0 Å². The summed E-state index contributed by atoms with van der Waals surface area (Å²) in [7, 11) is 3.43. The van der Waals surface area contributed by atoms with Gasteiger partial charge in [-0.3, -0.25) is 4.79 Å². The second kappa shape index (κ2) is 4.57. The average molecular weight is 332 g/mol. The molecular formula is C11H13IN2O2. The Hall–Kier alpha value is -0.850. The molecule has 16 heavy (non-hydrogen) atoms. The molecule has 1 aliphatic rings. The third kappa shape index (κ3) is 2.45. The lowest BCUT2D eigenvalue weighted by atomic mass is 10.3. The van der Waals surface area contributed by atoms with Crippen LogP contribution in [0.1, 0.15) is 23.3 Å². The summed E-state index contributed by atoms with van der Waals surface area (Å²) in [6, 6.07) is 1.81. The van der Waals surface area contributed by atoms with Crippen molar-refractivity contribution in [1.29, 1.82) is 0 Å². The molecule has 0 spiro atoms. The van der Waals surface area contributed by atoms with Crippen LogP contribution in [0, 0.1) is 3.57 Å². The molecule has 0 radical (unpaired) electrons. The largest absolute Gasteiger partial charge is 0.489 e. The van der Waals surface area contributed by atoms with Gasteiger partial charge in [0.2, 0.25) is 0 Å². The summed E-state index contributed by atoms with van der Waals surface area (Å²) in [5, 5.41) is 0. The predicted molar refractivity (Wildman–Crippen MR) is 68.6 cm³/mol. The van der Waals surface area contributed by atoms with Crippen LogP contribution < -0.4 is 4.74 Å². The Kier molecular flexibility index (Phi) is 3.32. The number of hydrogen-bond donors (Lipinski definition) is 0. The minimum Gasteiger partial charge on any atom is -0.489 e. The Bertz CT molecular complexity index is 416. The molecule has 0 unspecified atom stereocenters. The number of carbonyl (C=O) groups excluding carboxylic acids is 1. The molecule has 2 rings (SSSR count). The van der Waals surface area contributed by atoms with Crippen LogP contribution in [-0.4, -0.2) is 36.0 Å². The fraction of sp³-hybridized carbons (Fsp3) is 0.455. The van der Waals surface area contributed by atoms with Gasteiger partial charge in [0.05, 0.1) is 9.67 Å². The maximum atomic E-state index is 11.8. The molecule has 1 heterocycles. The SMILES string of the molecule is CN(C)C(=O)c1nccc(OC2CC2)c1I. The molecular weight excluding hydrogens is 319 g/mol. The van der Waals surface area contributed by atoms with Crippen molar-refractivity contribution in [3.63, 3.8) is 0 Å². The number of hydrogen-bond acceptors (Lipinski definition) is 3. The van der Waals surface area contributed by atoms with Crippen molar-refractivity contribution in [3.05, 3.63) is 21.5 Å². The zero-order valence-corrected chi connectivity index (χ0v) is 11.4. The highest BCUT2D eigenvalue weighted by Gasteiger charge is 2.26. The van der Waals surface area contributed by atoms with Crippen molar-refractivity contribution in [1.82, 2.24) is 9.88 Å². The number of pyridine rings is 1. The number of carbonyl (C=O) groups is 1. The second-order valence-corrected chi connectivity index (χ2v) is 5.07. The van der Waals surface area contributed by atoms with Crippen molar-refractivity contribution in [3.8, 4) is 5.75 Å². The zero-order chi connectivity index (χ0) is 11.7. The molecule has 1 amide bonds. The van der Waals surface area contributed by atoms with Gasteiger partial charge in [0, 0.05) is 20.3 Å². The molecule has 0 saturated heterocycles. The molecule has 0 bridgehead atoms. The Morgan fingerprint density at radius 1 is 1.56 bits per heavy atom. The Labute approximate surface area is 108 Å². The topological polar surface area (TPSA) is 42.4 Å². The van der Waals surface area contributed by atoms with E-state index in [2.05, 4.69) is 27.6 Å². The standard InChI is InChI=1S/C11H13IN2O2/c1-14(2)11(15)10-9(12)8(5-6-13-10)16-7-3-4-7/h5-7H,3-4H2,1-2H3. The Morgan fingerprint density at radius 2 is 2.25 bits per heavy atom. The maximum Gasteiger partial charge on any atom is 0.273 e. The molecule has 0 N–H and O–H groups in total. The molecule has 1 aromatic heterocycles. The van der Waals surface area contributed by atoms with Gasteiger partial charge in [-0.15, -0.1) is 0 Å². The van der Waals surface area contributed by atoms with E-state index in [9.17, 15) is 4.79 Å². The van der Waals surface area contributed by atoms with E-state index in [1.807, 2.05) is 6.07 Å². The lowest BCUT2D eigenvalue weighted by Gasteiger charge is -2.13. The van der Waals surface area contributed by atoms with Crippen LogP contribution in [0.4, 0.5) is 0 Å². The molecule has 0 atom stereocenters. The van der Waals surface area contributed by atoms with Gasteiger partial charge in [-0.2, -0.15) is 0 Å². The normalized spacial score (nSPS) is 14.7. The molecule has 4 nitrogen and oxygen atoms in total. The van der Waals surface area contributed by atoms with Gasteiger partial charge in [-0.1, -0.05) is 0 Å². The number of halogens is 1. The van der Waals surface area contributed by atoms with Gasteiger partial charge in [-0.05, 0) is 41.5 Å². The lowest BCUT2D eigenvalue weighted by molar-refractivity contribution is 0.0820. The van der Waals surface area contributed by atoms with Crippen LogP contribution in [0.3, 0.4) is 0 Å². The van der Waals surface area contributed by atoms with Gasteiger partial charge in [0.1, 0.15) is 11.4 Å². The first kappa shape index (κ1) is 11.6. The fourth-order valence-corrected chi connectivity index (χ4v) is 1.92. The van der Waals surface area contributed by atoms with E-state index in [1.54, 1.807) is 20.3 Å². The van der Waals surface area contributed by atoms with E-state index in [0.717, 1.165) is 22.2 Å². The van der Waals surface area contributed by atoms with Crippen molar-refractivity contribution >= 4 is 28.5 Å². The first-order valence-corrected chi connectivity index (χ1v) is 6.20. The van der Waals surface area contributed by atoms with Gasteiger partial charge < -0.3 is 9.64 Å². The summed E-state index contributed by atoms with van der Waals surface area (Å²) < 4.78 is 6.51. The third-order valence-electron chi connectivity index (χ3n) is 2.28. The molecule has 1 aliphatic carbocycles. The summed E-state index contributed by atoms with van der Waals surface area (Å²) in [6.45, 7) is 0. The van der Waals surface area contributed by atoms with E-state index in [-0.39, 0.29) is 5.91 Å². The molecule has 1 saturated carbocycles. The highest BCUT2D eigenvalue weighted by molar-refractivity contribution is 14.1. The molecule has 0 aromatic carbocycles. The first-order valence-electron chi connectivity index (χ1n) is 5.12. The summed E-state index contributed by atoms with van der Waals surface area (Å²) >= 11 is 2.12. The summed E-state index contributed by atoms with van der Waals surface area (Å²) in [6.07, 6.45) is 4.17. The minimum absolute atomic E-state index is 0.0920. The number of nitrogens with zero attached hydrogens (tertiary/aromatic N) is 2. The fourth-order valence-electron chi connectivity index (χ4n) is 1.24. The second-order valence-electron chi connectivity index (χ2n) is 3.99. The number of aromatic nitrogens is 1. The average Bonchev–Trinajstić information content (AvgIpc) is 3.04. The molecule has 1 fully saturated rings. The van der Waals surface area contributed by atoms with Gasteiger partial charge in [0.25, 0.3) is 5.91 Å². The number of ether oxygens (including phenoxy) is 1. The van der Waals surface area contributed by atoms with E-state index < -0.39 is 0 Å². The Balaban J connectivity index is 2.27. The van der Waals surface area contributed by atoms with Crippen molar-refractivity contribution in [2.75, 3.05) is 14.1 Å². The van der Waals surface area contributed by atoms with E-state index in [0.29, 0.717) is 11.8 Å². The lowest BCUT2D eigenvalue weighted by Crippen LogP contribution is -2.24.